The third kappa shape index (κ3) is 2.85. The number of pyridine rings is 1. The fourth-order valence-electron chi connectivity index (χ4n) is 2.93. The zero-order valence-electron chi connectivity index (χ0n) is 13.9. The molecule has 0 saturated heterocycles. The number of nitrogens with one attached hydrogen (secondary N) is 1. The quantitative estimate of drug-likeness (QED) is 0.608. The highest BCUT2D eigenvalue weighted by Gasteiger charge is 2.15. The Bertz CT molecular complexity index is 1050. The molecule has 0 radical (unpaired) electrons. The molecule has 0 atom stereocenters. The molecular formula is C20H18N4O. The van der Waals surface area contributed by atoms with Gasteiger partial charge in [-0.25, -0.2) is 9.67 Å². The van der Waals surface area contributed by atoms with Crippen LogP contribution < -0.4 is 5.32 Å². The summed E-state index contributed by atoms with van der Waals surface area (Å²) in [6.07, 6.45) is 0.942. The lowest BCUT2D eigenvalue weighted by Gasteiger charge is -2.02. The van der Waals surface area contributed by atoms with Crippen LogP contribution >= 0.6 is 0 Å². The van der Waals surface area contributed by atoms with E-state index in [4.69, 9.17) is 4.98 Å². The van der Waals surface area contributed by atoms with Gasteiger partial charge in [-0.05, 0) is 30.7 Å². The van der Waals surface area contributed by atoms with Crippen LogP contribution in [0.1, 0.15) is 23.7 Å². The van der Waals surface area contributed by atoms with Gasteiger partial charge in [-0.2, -0.15) is 5.10 Å². The number of hydrogen-bond acceptors (Lipinski definition) is 3. The van der Waals surface area contributed by atoms with Crippen LogP contribution in [0.25, 0.3) is 21.9 Å². The number of benzene rings is 2. The number of para-hydroxylation sites is 1. The first-order chi connectivity index (χ1) is 12.3. The second-order valence-electron chi connectivity index (χ2n) is 5.94. The zero-order chi connectivity index (χ0) is 17.2. The number of fused-ring (bicyclic) bond motifs is 2. The summed E-state index contributed by atoms with van der Waals surface area (Å²) in [7, 11) is 0. The van der Waals surface area contributed by atoms with E-state index >= 15 is 0 Å². The molecule has 5 heteroatoms. The molecule has 0 fully saturated rings. The van der Waals surface area contributed by atoms with Crippen LogP contribution in [-0.2, 0) is 6.54 Å². The lowest BCUT2D eigenvalue weighted by atomic mass is 10.2. The van der Waals surface area contributed by atoms with E-state index < -0.39 is 0 Å². The van der Waals surface area contributed by atoms with Crippen molar-refractivity contribution in [2.45, 2.75) is 19.9 Å². The summed E-state index contributed by atoms with van der Waals surface area (Å²) in [6.45, 7) is 2.85. The largest absolute Gasteiger partial charge is 0.305 e. The van der Waals surface area contributed by atoms with Crippen LogP contribution in [0.15, 0.2) is 60.7 Å². The average molecular weight is 330 g/mol. The molecule has 0 aliphatic rings. The van der Waals surface area contributed by atoms with E-state index in [0.29, 0.717) is 11.4 Å². The minimum absolute atomic E-state index is 0.170. The van der Waals surface area contributed by atoms with Gasteiger partial charge in [0.05, 0.1) is 10.9 Å². The Kier molecular flexibility index (Phi) is 3.90. The molecule has 4 rings (SSSR count). The number of carbonyl (C=O) groups excluding carboxylic acids is 1. The van der Waals surface area contributed by atoms with Gasteiger partial charge in [0.2, 0.25) is 0 Å². The standard InChI is InChI=1S/C20H18N4O/c1-2-12-24-19-16(13-15-10-6-7-11-17(15)21-19)18(23-24)22-20(25)14-8-4-3-5-9-14/h3-11,13H,2,12H2,1H3,(H,22,23,25). The van der Waals surface area contributed by atoms with E-state index in [0.717, 1.165) is 34.9 Å². The normalized spacial score (nSPS) is 11.1. The van der Waals surface area contributed by atoms with Crippen molar-refractivity contribution in [2.75, 3.05) is 5.32 Å². The minimum atomic E-state index is -0.170. The van der Waals surface area contributed by atoms with E-state index in [1.54, 1.807) is 12.1 Å². The van der Waals surface area contributed by atoms with Crippen molar-refractivity contribution >= 4 is 33.7 Å². The Labute approximate surface area is 145 Å². The van der Waals surface area contributed by atoms with Crippen LogP contribution in [-0.4, -0.2) is 20.7 Å². The van der Waals surface area contributed by atoms with Crippen molar-refractivity contribution in [3.8, 4) is 0 Å². The van der Waals surface area contributed by atoms with Crippen LogP contribution in [0.4, 0.5) is 5.82 Å². The number of aromatic nitrogens is 3. The molecule has 0 aliphatic carbocycles. The number of aryl methyl sites for hydroxylation is 1. The van der Waals surface area contributed by atoms with Gasteiger partial charge in [-0.3, -0.25) is 4.79 Å². The SMILES string of the molecule is CCCn1nc(NC(=O)c2ccccc2)c2cc3ccccc3nc21. The first kappa shape index (κ1) is 15.3. The first-order valence-electron chi connectivity index (χ1n) is 8.39. The molecular weight excluding hydrogens is 312 g/mol. The fourth-order valence-corrected chi connectivity index (χ4v) is 2.93. The van der Waals surface area contributed by atoms with Gasteiger partial charge in [0.25, 0.3) is 5.91 Å². The summed E-state index contributed by atoms with van der Waals surface area (Å²) in [5.74, 6) is 0.382. The average Bonchev–Trinajstić information content (AvgIpc) is 2.97. The summed E-state index contributed by atoms with van der Waals surface area (Å²) in [4.78, 5) is 17.3. The predicted octanol–water partition coefficient (Wildman–Crippen LogP) is 4.25. The van der Waals surface area contributed by atoms with Crippen molar-refractivity contribution in [3.05, 3.63) is 66.2 Å². The monoisotopic (exact) mass is 330 g/mol. The van der Waals surface area contributed by atoms with Crippen molar-refractivity contribution in [1.82, 2.24) is 14.8 Å². The highest BCUT2D eigenvalue weighted by atomic mass is 16.1. The molecule has 5 nitrogen and oxygen atoms in total. The highest BCUT2D eigenvalue weighted by molar-refractivity contribution is 6.08. The molecule has 0 spiro atoms. The van der Waals surface area contributed by atoms with Crippen LogP contribution in [0.5, 0.6) is 0 Å². The summed E-state index contributed by atoms with van der Waals surface area (Å²) >= 11 is 0. The molecule has 0 unspecified atom stereocenters. The second kappa shape index (κ2) is 6.36. The molecule has 2 aromatic carbocycles. The molecule has 124 valence electrons. The molecule has 0 aliphatic heterocycles. The van der Waals surface area contributed by atoms with Gasteiger partial charge in [-0.1, -0.05) is 43.3 Å². The summed E-state index contributed by atoms with van der Waals surface area (Å²) in [5.41, 5.74) is 2.33. The number of rotatable bonds is 4. The lowest BCUT2D eigenvalue weighted by Crippen LogP contribution is -2.12. The molecule has 2 aromatic heterocycles. The van der Waals surface area contributed by atoms with Gasteiger partial charge in [0.15, 0.2) is 11.5 Å². The van der Waals surface area contributed by atoms with Gasteiger partial charge in [0.1, 0.15) is 0 Å². The van der Waals surface area contributed by atoms with E-state index in [-0.39, 0.29) is 5.91 Å². The van der Waals surface area contributed by atoms with Gasteiger partial charge in [0, 0.05) is 17.5 Å². The predicted molar refractivity (Wildman–Crippen MR) is 99.7 cm³/mol. The molecule has 25 heavy (non-hydrogen) atoms. The molecule has 0 saturated carbocycles. The first-order valence-corrected chi connectivity index (χ1v) is 8.39. The van der Waals surface area contributed by atoms with Crippen LogP contribution in [0.3, 0.4) is 0 Å². The van der Waals surface area contributed by atoms with E-state index in [1.807, 2.05) is 53.2 Å². The Morgan fingerprint density at radius 3 is 2.64 bits per heavy atom. The number of nitrogens with zero attached hydrogens (tertiary/aromatic N) is 3. The van der Waals surface area contributed by atoms with E-state index in [1.165, 1.54) is 0 Å². The Morgan fingerprint density at radius 1 is 1.08 bits per heavy atom. The smallest absolute Gasteiger partial charge is 0.256 e. The maximum absolute atomic E-state index is 12.5. The lowest BCUT2D eigenvalue weighted by molar-refractivity contribution is 0.102. The summed E-state index contributed by atoms with van der Waals surface area (Å²) in [6, 6.07) is 19.1. The van der Waals surface area contributed by atoms with Crippen LogP contribution in [0, 0.1) is 0 Å². The maximum Gasteiger partial charge on any atom is 0.256 e. The fraction of sp³-hybridized carbons (Fsp3) is 0.150. The van der Waals surface area contributed by atoms with Crippen molar-refractivity contribution < 1.29 is 4.79 Å². The number of anilines is 1. The highest BCUT2D eigenvalue weighted by Crippen LogP contribution is 2.26. The molecule has 4 aromatic rings. The van der Waals surface area contributed by atoms with E-state index in [9.17, 15) is 4.79 Å². The minimum Gasteiger partial charge on any atom is -0.305 e. The van der Waals surface area contributed by atoms with Crippen LogP contribution in [0.2, 0.25) is 0 Å². The molecule has 2 heterocycles. The topological polar surface area (TPSA) is 59.8 Å². The second-order valence-corrected chi connectivity index (χ2v) is 5.94. The molecule has 1 amide bonds. The molecule has 1 N–H and O–H groups in total. The van der Waals surface area contributed by atoms with E-state index in [2.05, 4.69) is 17.3 Å². The van der Waals surface area contributed by atoms with Crippen molar-refractivity contribution in [2.24, 2.45) is 0 Å². The Morgan fingerprint density at radius 2 is 1.84 bits per heavy atom. The van der Waals surface area contributed by atoms with Crippen molar-refractivity contribution in [1.29, 1.82) is 0 Å². The van der Waals surface area contributed by atoms with Gasteiger partial charge >= 0.3 is 0 Å². The Balaban J connectivity index is 1.82. The molecule has 0 bridgehead atoms. The Hall–Kier alpha value is -3.21. The third-order valence-electron chi connectivity index (χ3n) is 4.13. The van der Waals surface area contributed by atoms with Crippen molar-refractivity contribution in [3.63, 3.8) is 0 Å². The summed E-state index contributed by atoms with van der Waals surface area (Å²) in [5, 5.41) is 9.41. The zero-order valence-corrected chi connectivity index (χ0v) is 13.9. The van der Waals surface area contributed by atoms with Gasteiger partial charge < -0.3 is 5.32 Å². The maximum atomic E-state index is 12.5. The number of hydrogen-bond donors (Lipinski definition) is 1. The number of amides is 1. The van der Waals surface area contributed by atoms with Gasteiger partial charge in [-0.15, -0.1) is 0 Å². The third-order valence-corrected chi connectivity index (χ3v) is 4.13. The summed E-state index contributed by atoms with van der Waals surface area (Å²) < 4.78 is 1.86. The number of carbonyl (C=O) groups is 1.